The number of Topliss-reactive ketones (excluding diaryl/α,β-unsaturated/α-hetero) is 1. The van der Waals surface area contributed by atoms with E-state index in [1.165, 1.54) is 25.3 Å². The molecule has 13 heteroatoms. The molecule has 4 aliphatic rings. The van der Waals surface area contributed by atoms with Gasteiger partial charge in [0.1, 0.15) is 35.6 Å². The van der Waals surface area contributed by atoms with Gasteiger partial charge in [0.25, 0.3) is 0 Å². The van der Waals surface area contributed by atoms with E-state index in [1.807, 2.05) is 0 Å². The summed E-state index contributed by atoms with van der Waals surface area (Å²) in [6, 6.07) is 3.86. The standard InChI is InChI=1S/C32H37NO12/c1-14-31(45-21-8-3-4-9-42-21)17(33)10-22(43-14)44-19-12-32(40,20(35)13-34)11-16-24(19)30(39)26-25(28(16)37)27(36)15-6-5-7-18(41-2)23(15)29(26)38/h5-7,14,17,19,21-22,31,34,37,39-40H,3-4,8-13,33H2,1-2H3/t14?,17?,19-,21?,22?,31?,32+/m1/s1. The lowest BCUT2D eigenvalue weighted by Crippen LogP contribution is -2.55. The number of aromatic hydroxyl groups is 2. The molecule has 0 bridgehead atoms. The highest BCUT2D eigenvalue weighted by Crippen LogP contribution is 2.52. The van der Waals surface area contributed by atoms with E-state index in [-0.39, 0.29) is 34.4 Å². The fourth-order valence-corrected chi connectivity index (χ4v) is 6.95. The van der Waals surface area contributed by atoms with Crippen molar-refractivity contribution in [2.75, 3.05) is 20.3 Å². The van der Waals surface area contributed by atoms with Crippen molar-refractivity contribution in [1.82, 2.24) is 0 Å². The number of hydrogen-bond donors (Lipinski definition) is 5. The number of ketones is 3. The first-order valence-electron chi connectivity index (χ1n) is 15.1. The highest BCUT2D eigenvalue weighted by Gasteiger charge is 2.50. The van der Waals surface area contributed by atoms with Crippen LogP contribution in [0.2, 0.25) is 0 Å². The molecule has 0 aromatic heterocycles. The summed E-state index contributed by atoms with van der Waals surface area (Å²) in [6.07, 6.45) is -2.03. The Morgan fingerprint density at radius 2 is 1.82 bits per heavy atom. The second-order valence-electron chi connectivity index (χ2n) is 12.1. The number of aliphatic hydroxyl groups excluding tert-OH is 1. The van der Waals surface area contributed by atoms with Gasteiger partial charge < -0.3 is 49.8 Å². The zero-order valence-electron chi connectivity index (χ0n) is 25.0. The first-order valence-corrected chi connectivity index (χ1v) is 15.1. The van der Waals surface area contributed by atoms with Crippen LogP contribution in [0.1, 0.15) is 88.1 Å². The summed E-state index contributed by atoms with van der Waals surface area (Å²) in [5.74, 6) is -3.67. The van der Waals surface area contributed by atoms with Gasteiger partial charge in [-0.15, -0.1) is 0 Å². The predicted octanol–water partition coefficient (Wildman–Crippen LogP) is 1.55. The van der Waals surface area contributed by atoms with Crippen LogP contribution in [-0.4, -0.2) is 94.5 Å². The van der Waals surface area contributed by atoms with Crippen LogP contribution in [0, 0.1) is 0 Å². The third-order valence-electron chi connectivity index (χ3n) is 9.22. The van der Waals surface area contributed by atoms with Gasteiger partial charge in [0.05, 0.1) is 36.0 Å². The molecule has 0 spiro atoms. The van der Waals surface area contributed by atoms with Gasteiger partial charge in [-0.05, 0) is 32.3 Å². The lowest BCUT2D eigenvalue weighted by atomic mass is 9.72. The summed E-state index contributed by atoms with van der Waals surface area (Å²) in [7, 11) is 1.34. The molecule has 6 rings (SSSR count). The van der Waals surface area contributed by atoms with Crippen LogP contribution >= 0.6 is 0 Å². The number of methoxy groups -OCH3 is 1. The van der Waals surface area contributed by atoms with Gasteiger partial charge in [-0.1, -0.05) is 12.1 Å². The molecule has 2 heterocycles. The maximum atomic E-state index is 13.8. The molecule has 13 nitrogen and oxygen atoms in total. The number of aliphatic hydroxyl groups is 2. The van der Waals surface area contributed by atoms with Crippen LogP contribution in [0.3, 0.4) is 0 Å². The van der Waals surface area contributed by atoms with Gasteiger partial charge in [-0.25, -0.2) is 0 Å². The summed E-state index contributed by atoms with van der Waals surface area (Å²) in [5, 5.41) is 44.2. The molecule has 6 N–H and O–H groups in total. The number of ether oxygens (including phenoxy) is 5. The molecule has 45 heavy (non-hydrogen) atoms. The Morgan fingerprint density at radius 3 is 2.49 bits per heavy atom. The Kier molecular flexibility index (Phi) is 8.46. The zero-order valence-corrected chi connectivity index (χ0v) is 25.0. The van der Waals surface area contributed by atoms with Gasteiger partial charge in [0.15, 0.2) is 24.1 Å². The van der Waals surface area contributed by atoms with Gasteiger partial charge in [-0.2, -0.15) is 0 Å². The van der Waals surface area contributed by atoms with Crippen molar-refractivity contribution in [3.63, 3.8) is 0 Å². The fourth-order valence-electron chi connectivity index (χ4n) is 6.95. The van der Waals surface area contributed by atoms with E-state index in [0.717, 1.165) is 19.3 Å². The minimum Gasteiger partial charge on any atom is -0.507 e. The first-order chi connectivity index (χ1) is 21.5. The van der Waals surface area contributed by atoms with Crippen LogP contribution in [-0.2, 0) is 30.2 Å². The smallest absolute Gasteiger partial charge is 0.202 e. The van der Waals surface area contributed by atoms with Crippen molar-refractivity contribution in [2.24, 2.45) is 5.73 Å². The second-order valence-corrected chi connectivity index (χ2v) is 12.1. The van der Waals surface area contributed by atoms with Gasteiger partial charge in [0.2, 0.25) is 5.78 Å². The van der Waals surface area contributed by atoms with Crippen molar-refractivity contribution >= 4 is 17.3 Å². The monoisotopic (exact) mass is 627 g/mol. The number of benzene rings is 2. The number of phenolic OH excluding ortho intramolecular Hbond substituents is 2. The number of nitrogens with two attached hydrogens (primary N) is 1. The summed E-state index contributed by atoms with van der Waals surface area (Å²) in [4.78, 5) is 40.2. The van der Waals surface area contributed by atoms with Crippen molar-refractivity contribution in [1.29, 1.82) is 0 Å². The molecule has 7 atom stereocenters. The minimum absolute atomic E-state index is 0.0409. The summed E-state index contributed by atoms with van der Waals surface area (Å²) in [6.45, 7) is 1.35. The highest BCUT2D eigenvalue weighted by molar-refractivity contribution is 6.31. The van der Waals surface area contributed by atoms with Crippen molar-refractivity contribution in [2.45, 2.75) is 88.0 Å². The van der Waals surface area contributed by atoms with Crippen molar-refractivity contribution < 1.29 is 58.5 Å². The van der Waals surface area contributed by atoms with Gasteiger partial charge in [-0.3, -0.25) is 14.4 Å². The third kappa shape index (κ3) is 5.31. The molecule has 5 unspecified atom stereocenters. The molecule has 2 aromatic rings. The number of carbonyl (C=O) groups is 3. The molecule has 2 aliphatic carbocycles. The van der Waals surface area contributed by atoms with E-state index in [9.17, 15) is 34.8 Å². The normalized spacial score (nSPS) is 31.1. The fraction of sp³-hybridized carbons (Fsp3) is 0.531. The van der Waals surface area contributed by atoms with Crippen LogP contribution in [0.25, 0.3) is 0 Å². The Balaban J connectivity index is 1.38. The average Bonchev–Trinajstić information content (AvgIpc) is 3.02. The molecule has 2 aromatic carbocycles. The topological polar surface area (TPSA) is 204 Å². The molecular weight excluding hydrogens is 590 g/mol. The van der Waals surface area contributed by atoms with Crippen molar-refractivity contribution in [3.8, 4) is 17.2 Å². The predicted molar refractivity (Wildman–Crippen MR) is 154 cm³/mol. The Morgan fingerprint density at radius 1 is 1.07 bits per heavy atom. The molecule has 0 saturated carbocycles. The molecular formula is C32H37NO12. The summed E-state index contributed by atoms with van der Waals surface area (Å²) < 4.78 is 29.5. The molecule has 0 amide bonds. The number of fused-ring (bicyclic) bond motifs is 3. The SMILES string of the molecule is COc1cccc2c1C(=O)c1c(O)c3c(c(O)c1C2=O)C[C@@](O)(C(=O)CO)C[C@H]3OC1CC(N)C(OC2CCCCO2)C(C)O1. The Hall–Kier alpha value is -3.43. The minimum atomic E-state index is -2.24. The summed E-state index contributed by atoms with van der Waals surface area (Å²) >= 11 is 0. The summed E-state index contributed by atoms with van der Waals surface area (Å²) in [5.41, 5.74) is 2.98. The van der Waals surface area contributed by atoms with E-state index >= 15 is 0 Å². The van der Waals surface area contributed by atoms with E-state index in [2.05, 4.69) is 0 Å². The molecule has 242 valence electrons. The zero-order chi connectivity index (χ0) is 32.2. The second kappa shape index (κ2) is 12.1. The molecule has 0 radical (unpaired) electrons. The highest BCUT2D eigenvalue weighted by atomic mass is 16.7. The number of rotatable bonds is 7. The van der Waals surface area contributed by atoms with Crippen LogP contribution < -0.4 is 10.5 Å². The van der Waals surface area contributed by atoms with E-state index in [0.29, 0.717) is 6.61 Å². The average molecular weight is 628 g/mol. The molecule has 2 aliphatic heterocycles. The number of phenols is 2. The van der Waals surface area contributed by atoms with Crippen LogP contribution in [0.4, 0.5) is 0 Å². The molecule has 2 fully saturated rings. The maximum Gasteiger partial charge on any atom is 0.202 e. The number of carbonyl (C=O) groups excluding carboxylic acids is 3. The van der Waals surface area contributed by atoms with E-state index in [4.69, 9.17) is 29.4 Å². The van der Waals surface area contributed by atoms with Gasteiger partial charge >= 0.3 is 0 Å². The van der Waals surface area contributed by atoms with Crippen LogP contribution in [0.15, 0.2) is 18.2 Å². The van der Waals surface area contributed by atoms with E-state index in [1.54, 1.807) is 6.92 Å². The quantitative estimate of drug-likeness (QED) is 0.236. The van der Waals surface area contributed by atoms with Crippen molar-refractivity contribution in [3.05, 3.63) is 51.6 Å². The Bertz CT molecular complexity index is 1520. The Labute approximate surface area is 258 Å². The lowest BCUT2D eigenvalue weighted by molar-refractivity contribution is -0.281. The molecule has 2 saturated heterocycles. The maximum absolute atomic E-state index is 13.8. The first kappa shape index (κ1) is 31.5. The largest absolute Gasteiger partial charge is 0.507 e. The van der Waals surface area contributed by atoms with Gasteiger partial charge in [0, 0.05) is 48.6 Å². The van der Waals surface area contributed by atoms with E-state index < -0.39 is 102 Å². The van der Waals surface area contributed by atoms with Crippen LogP contribution in [0.5, 0.6) is 17.2 Å². The third-order valence-corrected chi connectivity index (χ3v) is 9.22. The lowest BCUT2D eigenvalue weighted by Gasteiger charge is -2.43. The number of hydrogen-bond acceptors (Lipinski definition) is 13.